The lowest BCUT2D eigenvalue weighted by Crippen LogP contribution is -2.50. The fraction of sp³-hybridized carbons (Fsp3) is 0.299. The molecule has 4 atom stereocenters. The molecule has 0 saturated carbocycles. The van der Waals surface area contributed by atoms with Crippen LogP contribution in [0.1, 0.15) is 115 Å². The number of fused-ring (bicyclic) bond motifs is 13. The molecule has 1 saturated heterocycles. The van der Waals surface area contributed by atoms with E-state index in [0.717, 1.165) is 116 Å². The lowest BCUT2D eigenvalue weighted by molar-refractivity contribution is -0.144. The van der Waals surface area contributed by atoms with Crippen molar-refractivity contribution < 1.29 is 68.3 Å². The number of rotatable bonds is 13. The number of urea groups is 1. The highest BCUT2D eigenvalue weighted by Gasteiger charge is 2.49. The van der Waals surface area contributed by atoms with E-state index in [1.807, 2.05) is 121 Å². The zero-order chi connectivity index (χ0) is 84.2. The van der Waals surface area contributed by atoms with E-state index in [1.54, 1.807) is 83.2 Å². The van der Waals surface area contributed by atoms with Gasteiger partial charge in [0.15, 0.2) is 0 Å². The van der Waals surface area contributed by atoms with Crippen molar-refractivity contribution in [3.63, 3.8) is 0 Å². The maximum absolute atomic E-state index is 12.9. The molecule has 5 aromatic carbocycles. The third-order valence-electron chi connectivity index (χ3n) is 20.9. The highest BCUT2D eigenvalue weighted by molar-refractivity contribution is 6.31. The molecule has 12 aromatic rings. The number of carboxylic acids is 4. The number of aliphatic carboxylic acids is 4. The first-order valence-corrected chi connectivity index (χ1v) is 40.1. The van der Waals surface area contributed by atoms with Gasteiger partial charge in [-0.15, -0.1) is 24.0 Å². The monoisotopic (exact) mass is 1730 g/mol. The van der Waals surface area contributed by atoms with Gasteiger partial charge in [0.2, 0.25) is 0 Å². The number of carbonyl (C=O) groups excluding carboxylic acids is 4. The number of hydrogen-bond donors (Lipinski definition) is 6. The number of nitrogens with zero attached hydrogens (tertiary/aromatic N) is 10. The van der Waals surface area contributed by atoms with E-state index < -0.39 is 77.5 Å². The number of imide groups is 1. The van der Waals surface area contributed by atoms with Crippen LogP contribution in [0.2, 0.25) is 20.5 Å². The first kappa shape index (κ1) is 87.1. The predicted molar refractivity (Wildman–Crippen MR) is 456 cm³/mol. The minimum Gasteiger partial charge on any atom is -0.481 e. The Labute approximate surface area is 715 Å². The number of ether oxygens (including phenoxy) is 2. The standard InChI is InChI=1S/C23H20ClN3O4.C23H24ClN3O4.C18H16ClN3O2.C17H20N2O4.C6H5Cl2N.ClH/c24-15-7-5-14(6-8-15)12-26-18-4-2-1-3-16(18)17-11-19-22(30)25(10-9-21(28)29)23(31)27(19)13-20(17)26;1-23(2,3)31-22(30)27-13-19-16(10-18(27)21(28)29)15-6-4-5-7-17(15)26(19)12-14-8-9-20(24)25-11-14;19-17-6-5-11(8-21-17)10-22-15-4-2-1-3-12(15)13-7-14(18(23)24)20-9-16(13)22;1-17(2,3)23-16(22)19-9-13-11(8-14(19)15(20)21)10-6-4-5-7-12(10)18-13;7-3-5-1-2-6(8)9-4-5;/h1-8,19H,9-13H2,(H,28,29);4-9,11,18H,10,12-13H2,1-3H3,(H,28,29);1-6,8,14,20H,7,9-10H2,(H,23,24);4-7,14,18H,8-9H2,1-3H3,(H,20,21);1-2,4H,3H2;1H/t19-;18-;;14-;;/m00.0../s1. The Balaban J connectivity index is 0.000000141. The Morgan fingerprint density at radius 1 is 0.487 bits per heavy atom. The zero-order valence-corrected chi connectivity index (χ0v) is 70.2. The van der Waals surface area contributed by atoms with E-state index >= 15 is 0 Å². The molecule has 6 N–H and O–H groups in total. The van der Waals surface area contributed by atoms with Crippen LogP contribution < -0.4 is 5.32 Å². The number of benzene rings is 5. The Morgan fingerprint density at radius 3 is 1.39 bits per heavy atom. The van der Waals surface area contributed by atoms with Crippen molar-refractivity contribution in [2.45, 2.75) is 161 Å². The summed E-state index contributed by atoms with van der Waals surface area (Å²) in [4.78, 5) is 118. The summed E-state index contributed by atoms with van der Waals surface area (Å²) >= 11 is 28.8. The molecule has 32 heteroatoms. The van der Waals surface area contributed by atoms with E-state index in [-0.39, 0.29) is 57.2 Å². The number of carboxylic acid groups (broad SMARTS) is 4. The van der Waals surface area contributed by atoms with E-state index in [9.17, 15) is 53.7 Å². The molecule has 26 nitrogen and oxygen atoms in total. The van der Waals surface area contributed by atoms with Crippen molar-refractivity contribution >= 4 is 162 Å². The van der Waals surface area contributed by atoms with Gasteiger partial charge in [-0.3, -0.25) is 34.4 Å². The fourth-order valence-electron chi connectivity index (χ4n) is 15.5. The number of hydrogen-bond acceptors (Lipinski definition) is 14. The molecule has 17 rings (SSSR count). The summed E-state index contributed by atoms with van der Waals surface area (Å²) in [6, 6.07) is 47.0. The molecule has 0 radical (unpaired) electrons. The number of pyridine rings is 3. The van der Waals surface area contributed by atoms with Crippen LogP contribution in [0.4, 0.5) is 14.4 Å². The SMILES string of the molecule is CC(C)(C)OC(=O)N1Cc2[nH]c3ccccc3c2C[C@H]1C(=O)O.CC(C)(C)OC(=O)N1Cc2c(c3ccccc3n2Cc2ccc(Cl)nc2)C[C@H]1C(=O)O.Cl.ClCc1ccc(Cl)nc1.O=C(O)C1Cc2c(n(Cc3ccc(Cl)nc3)c3ccccc23)CN1.O=C(O)CCN1C(=O)[C@@H]2Cc3c(n(Cc4ccc(Cl)cc4)c4ccccc34)CN2C1=O. The van der Waals surface area contributed by atoms with E-state index in [0.29, 0.717) is 71.9 Å². The van der Waals surface area contributed by atoms with Crippen molar-refractivity contribution in [3.05, 3.63) is 264 Å². The molecule has 1 fully saturated rings. The molecule has 5 amide bonds. The van der Waals surface area contributed by atoms with E-state index in [4.69, 9.17) is 72.6 Å². The van der Waals surface area contributed by atoms with Crippen LogP contribution in [0, 0.1) is 0 Å². The van der Waals surface area contributed by atoms with Gasteiger partial charge in [0.1, 0.15) is 50.8 Å². The second-order valence-electron chi connectivity index (χ2n) is 31.0. The molecule has 12 heterocycles. The van der Waals surface area contributed by atoms with E-state index in [2.05, 4.69) is 57.2 Å². The fourth-order valence-corrected chi connectivity index (χ4v) is 16.1. The van der Waals surface area contributed by atoms with Gasteiger partial charge in [-0.2, -0.15) is 0 Å². The quantitative estimate of drug-likeness (QED) is 0.0355. The summed E-state index contributed by atoms with van der Waals surface area (Å²) in [5.41, 5.74) is 14.9. The lowest BCUT2D eigenvalue weighted by atomic mass is 9.97. The van der Waals surface area contributed by atoms with Crippen molar-refractivity contribution in [3.8, 4) is 0 Å². The molecular weight excluding hydrogens is 1650 g/mol. The number of alkyl halides is 1. The summed E-state index contributed by atoms with van der Waals surface area (Å²) in [7, 11) is 0. The molecule has 119 heavy (non-hydrogen) atoms. The van der Waals surface area contributed by atoms with Crippen LogP contribution in [-0.4, -0.2) is 164 Å². The average molecular weight is 1740 g/mol. The number of amides is 5. The van der Waals surface area contributed by atoms with Gasteiger partial charge >= 0.3 is 42.1 Å². The van der Waals surface area contributed by atoms with Gasteiger partial charge in [0.05, 0.1) is 26.1 Å². The number of para-hydroxylation sites is 4. The Bertz CT molecular complexity index is 5800. The molecule has 1 unspecified atom stereocenters. The second-order valence-corrected chi connectivity index (χ2v) is 32.9. The molecule has 5 aliphatic rings. The number of H-pyrrole nitrogens is 1. The number of aromatic nitrogens is 7. The van der Waals surface area contributed by atoms with Gasteiger partial charge in [-0.25, -0.2) is 38.9 Å². The third kappa shape index (κ3) is 19.9. The molecule has 5 aliphatic heterocycles. The van der Waals surface area contributed by atoms with Crippen LogP contribution in [0.5, 0.6) is 0 Å². The summed E-state index contributed by atoms with van der Waals surface area (Å²) in [5, 5.41) is 47.0. The second kappa shape index (κ2) is 37.0. The summed E-state index contributed by atoms with van der Waals surface area (Å²) in [6.07, 6.45) is 5.09. The van der Waals surface area contributed by atoms with Crippen LogP contribution in [0.15, 0.2) is 176 Å². The first-order chi connectivity index (χ1) is 56.3. The van der Waals surface area contributed by atoms with Crippen LogP contribution in [-0.2, 0) is 111 Å². The summed E-state index contributed by atoms with van der Waals surface area (Å²) < 4.78 is 17.4. The first-order valence-electron chi connectivity index (χ1n) is 38.0. The Hall–Kier alpha value is -11.2. The maximum Gasteiger partial charge on any atom is 0.411 e. The normalized spacial score (nSPS) is 16.5. The smallest absolute Gasteiger partial charge is 0.411 e. The number of aromatic amines is 1. The molecule has 0 bridgehead atoms. The third-order valence-corrected chi connectivity index (χ3v) is 22.1. The van der Waals surface area contributed by atoms with Gasteiger partial charge in [-0.1, -0.05) is 150 Å². The highest BCUT2D eigenvalue weighted by atomic mass is 35.5. The largest absolute Gasteiger partial charge is 0.481 e. The Kier molecular flexibility index (Phi) is 27.1. The predicted octanol–water partition coefficient (Wildman–Crippen LogP) is 16.6. The number of nitrogens with one attached hydrogen (secondary N) is 2. The minimum absolute atomic E-state index is 0. The summed E-state index contributed by atoms with van der Waals surface area (Å²) in [6.45, 7) is 13.5. The Morgan fingerprint density at radius 2 is 0.916 bits per heavy atom. The van der Waals surface area contributed by atoms with Crippen molar-refractivity contribution in [2.75, 3.05) is 6.54 Å². The van der Waals surface area contributed by atoms with Gasteiger partial charge in [0, 0.05) is 154 Å². The average Bonchev–Trinajstić information content (AvgIpc) is 1.57. The maximum atomic E-state index is 12.9. The van der Waals surface area contributed by atoms with Gasteiger partial charge < -0.3 is 53.5 Å². The number of carbonyl (C=O) groups is 8. The van der Waals surface area contributed by atoms with E-state index in [1.165, 1.54) is 9.80 Å². The topological polar surface area (TPSA) is 330 Å². The molecule has 7 aromatic heterocycles. The van der Waals surface area contributed by atoms with Crippen molar-refractivity contribution in [2.24, 2.45) is 0 Å². The number of halogens is 6. The van der Waals surface area contributed by atoms with Crippen molar-refractivity contribution in [1.29, 1.82) is 0 Å². The van der Waals surface area contributed by atoms with Crippen LogP contribution in [0.3, 0.4) is 0 Å². The van der Waals surface area contributed by atoms with Crippen LogP contribution in [0.25, 0.3) is 43.6 Å². The van der Waals surface area contributed by atoms with Crippen LogP contribution >= 0.6 is 70.4 Å². The van der Waals surface area contributed by atoms with Gasteiger partial charge in [0.25, 0.3) is 5.91 Å². The molecule has 0 aliphatic carbocycles. The lowest BCUT2D eigenvalue weighted by Gasteiger charge is -2.35. The minimum atomic E-state index is -1.05. The molecule has 0 spiro atoms. The highest BCUT2D eigenvalue weighted by Crippen LogP contribution is 2.40. The molecule has 620 valence electrons. The summed E-state index contributed by atoms with van der Waals surface area (Å²) in [5.74, 6) is -3.73. The van der Waals surface area contributed by atoms with Gasteiger partial charge in [-0.05, 0) is 141 Å². The molecular formula is C87H86Cl6N12O14. The van der Waals surface area contributed by atoms with Crippen molar-refractivity contribution in [1.82, 2.24) is 58.6 Å². The zero-order valence-electron chi connectivity index (χ0n) is 65.6.